The molecular weight excluding hydrogens is 232 g/mol. The minimum atomic E-state index is 0.731. The summed E-state index contributed by atoms with van der Waals surface area (Å²) in [5.74, 6) is 0.770. The molecule has 0 aromatic heterocycles. The van der Waals surface area contributed by atoms with Gasteiger partial charge in [-0.25, -0.2) is 0 Å². The molecule has 1 N–H and O–H groups in total. The molecule has 2 aliphatic carbocycles. The first kappa shape index (κ1) is 11.9. The molecule has 1 heterocycles. The maximum atomic E-state index is 3.90. The Morgan fingerprint density at radius 2 is 1.89 bits per heavy atom. The van der Waals surface area contributed by atoms with Gasteiger partial charge in [0.2, 0.25) is 0 Å². The lowest BCUT2D eigenvalue weighted by Gasteiger charge is -2.19. The quantitative estimate of drug-likeness (QED) is 0.891. The van der Waals surface area contributed by atoms with E-state index in [1.54, 1.807) is 0 Å². The van der Waals surface area contributed by atoms with Gasteiger partial charge in [-0.1, -0.05) is 30.3 Å². The normalized spacial score (nSPS) is 38.6. The Morgan fingerprint density at radius 1 is 1.11 bits per heavy atom. The standard InChI is InChI=1S/C17H24N2/c1-12-9-14(11-19(12)15-7-8-15)18-17-10-16(17)13-5-3-2-4-6-13/h2-6,12,14-18H,7-11H2,1H3. The zero-order valence-corrected chi connectivity index (χ0v) is 11.8. The van der Waals surface area contributed by atoms with Crippen molar-refractivity contribution >= 4 is 0 Å². The highest BCUT2D eigenvalue weighted by molar-refractivity contribution is 5.27. The molecule has 1 aromatic carbocycles. The SMILES string of the molecule is CC1CC(NC2CC2c2ccccc2)CN1C1CC1. The number of hydrogen-bond donors (Lipinski definition) is 1. The summed E-state index contributed by atoms with van der Waals surface area (Å²) in [4.78, 5) is 2.73. The molecule has 2 heteroatoms. The van der Waals surface area contributed by atoms with E-state index in [2.05, 4.69) is 47.5 Å². The Balaban J connectivity index is 1.32. The molecule has 1 aromatic rings. The van der Waals surface area contributed by atoms with Crippen LogP contribution in [0.15, 0.2) is 30.3 Å². The largest absolute Gasteiger partial charge is 0.309 e. The molecule has 0 amide bonds. The van der Waals surface area contributed by atoms with Gasteiger partial charge in [-0.05, 0) is 38.2 Å². The lowest BCUT2D eigenvalue weighted by molar-refractivity contribution is 0.255. The van der Waals surface area contributed by atoms with Crippen LogP contribution in [0.2, 0.25) is 0 Å². The van der Waals surface area contributed by atoms with E-state index in [4.69, 9.17) is 0 Å². The van der Waals surface area contributed by atoms with Gasteiger partial charge in [-0.2, -0.15) is 0 Å². The van der Waals surface area contributed by atoms with E-state index >= 15 is 0 Å². The van der Waals surface area contributed by atoms with Crippen molar-refractivity contribution in [2.75, 3.05) is 6.54 Å². The van der Waals surface area contributed by atoms with Crippen LogP contribution in [0.25, 0.3) is 0 Å². The molecule has 3 fully saturated rings. The third-order valence-electron chi connectivity index (χ3n) is 5.11. The van der Waals surface area contributed by atoms with Crippen LogP contribution >= 0.6 is 0 Å². The first-order valence-electron chi connectivity index (χ1n) is 7.88. The Kier molecular flexibility index (Phi) is 2.89. The first-order valence-corrected chi connectivity index (χ1v) is 7.88. The highest BCUT2D eigenvalue weighted by Crippen LogP contribution is 2.42. The van der Waals surface area contributed by atoms with Crippen molar-refractivity contribution in [3.63, 3.8) is 0 Å². The number of hydrogen-bond acceptors (Lipinski definition) is 2. The van der Waals surface area contributed by atoms with Crippen molar-refractivity contribution in [3.8, 4) is 0 Å². The van der Waals surface area contributed by atoms with Crippen LogP contribution in [0.1, 0.15) is 44.1 Å². The average molecular weight is 256 g/mol. The fourth-order valence-corrected chi connectivity index (χ4v) is 3.84. The van der Waals surface area contributed by atoms with Gasteiger partial charge in [-0.3, -0.25) is 4.90 Å². The molecule has 0 radical (unpaired) electrons. The molecule has 0 bridgehead atoms. The van der Waals surface area contributed by atoms with E-state index in [0.29, 0.717) is 0 Å². The fraction of sp³-hybridized carbons (Fsp3) is 0.647. The van der Waals surface area contributed by atoms with Gasteiger partial charge in [0.25, 0.3) is 0 Å². The van der Waals surface area contributed by atoms with Crippen LogP contribution in [-0.2, 0) is 0 Å². The van der Waals surface area contributed by atoms with E-state index in [0.717, 1.165) is 30.1 Å². The summed E-state index contributed by atoms with van der Waals surface area (Å²) in [5.41, 5.74) is 1.52. The van der Waals surface area contributed by atoms with Crippen LogP contribution in [0, 0.1) is 0 Å². The maximum Gasteiger partial charge on any atom is 0.0212 e. The monoisotopic (exact) mass is 256 g/mol. The summed E-state index contributed by atoms with van der Waals surface area (Å²) in [6.45, 7) is 3.69. The summed E-state index contributed by atoms with van der Waals surface area (Å²) in [6.07, 6.45) is 5.55. The molecule has 2 nitrogen and oxygen atoms in total. The van der Waals surface area contributed by atoms with Crippen molar-refractivity contribution in [3.05, 3.63) is 35.9 Å². The number of rotatable bonds is 4. The molecule has 2 saturated carbocycles. The highest BCUT2D eigenvalue weighted by atomic mass is 15.3. The number of likely N-dealkylation sites (tertiary alicyclic amines) is 1. The van der Waals surface area contributed by atoms with E-state index in [-0.39, 0.29) is 0 Å². The number of nitrogens with zero attached hydrogens (tertiary/aromatic N) is 1. The zero-order chi connectivity index (χ0) is 12.8. The molecule has 3 aliphatic rings. The van der Waals surface area contributed by atoms with Gasteiger partial charge in [0.1, 0.15) is 0 Å². The van der Waals surface area contributed by atoms with Crippen LogP contribution in [0.4, 0.5) is 0 Å². The Morgan fingerprint density at radius 3 is 2.63 bits per heavy atom. The van der Waals surface area contributed by atoms with Crippen molar-refractivity contribution in [1.29, 1.82) is 0 Å². The first-order chi connectivity index (χ1) is 9.31. The van der Waals surface area contributed by atoms with Crippen LogP contribution < -0.4 is 5.32 Å². The lowest BCUT2D eigenvalue weighted by Crippen LogP contribution is -2.35. The Bertz CT molecular complexity index is 440. The zero-order valence-electron chi connectivity index (χ0n) is 11.8. The minimum absolute atomic E-state index is 0.731. The smallest absolute Gasteiger partial charge is 0.0212 e. The van der Waals surface area contributed by atoms with E-state index in [1.807, 2.05) is 0 Å². The predicted molar refractivity (Wildman–Crippen MR) is 78.3 cm³/mol. The molecule has 4 unspecified atom stereocenters. The molecule has 102 valence electrons. The molecule has 4 rings (SSSR count). The van der Waals surface area contributed by atoms with Gasteiger partial charge in [0.15, 0.2) is 0 Å². The maximum absolute atomic E-state index is 3.90. The second-order valence-electron chi connectivity index (χ2n) is 6.74. The van der Waals surface area contributed by atoms with E-state index in [9.17, 15) is 0 Å². The van der Waals surface area contributed by atoms with Gasteiger partial charge >= 0.3 is 0 Å². The second kappa shape index (κ2) is 4.60. The third kappa shape index (κ3) is 2.44. The summed E-state index contributed by atoms with van der Waals surface area (Å²) < 4.78 is 0. The highest BCUT2D eigenvalue weighted by Gasteiger charge is 2.43. The van der Waals surface area contributed by atoms with Crippen molar-refractivity contribution in [1.82, 2.24) is 10.2 Å². The number of benzene rings is 1. The molecule has 1 aliphatic heterocycles. The second-order valence-corrected chi connectivity index (χ2v) is 6.74. The molecular formula is C17H24N2. The average Bonchev–Trinajstić information content (AvgIpc) is 3.32. The van der Waals surface area contributed by atoms with Gasteiger partial charge in [0, 0.05) is 36.6 Å². The minimum Gasteiger partial charge on any atom is -0.309 e. The molecule has 0 spiro atoms. The molecule has 1 saturated heterocycles. The third-order valence-corrected chi connectivity index (χ3v) is 5.11. The summed E-state index contributed by atoms with van der Waals surface area (Å²) >= 11 is 0. The van der Waals surface area contributed by atoms with Crippen molar-refractivity contribution in [2.24, 2.45) is 0 Å². The van der Waals surface area contributed by atoms with Gasteiger partial charge in [-0.15, -0.1) is 0 Å². The van der Waals surface area contributed by atoms with Crippen molar-refractivity contribution < 1.29 is 0 Å². The summed E-state index contributed by atoms with van der Waals surface area (Å²) in [5, 5.41) is 3.90. The molecule has 4 atom stereocenters. The topological polar surface area (TPSA) is 15.3 Å². The van der Waals surface area contributed by atoms with Crippen LogP contribution in [0.3, 0.4) is 0 Å². The Labute approximate surface area is 116 Å². The fourth-order valence-electron chi connectivity index (χ4n) is 3.84. The summed E-state index contributed by atoms with van der Waals surface area (Å²) in [7, 11) is 0. The van der Waals surface area contributed by atoms with E-state index in [1.165, 1.54) is 37.8 Å². The molecule has 19 heavy (non-hydrogen) atoms. The van der Waals surface area contributed by atoms with Gasteiger partial charge < -0.3 is 5.32 Å². The van der Waals surface area contributed by atoms with Crippen molar-refractivity contribution in [2.45, 2.75) is 62.7 Å². The summed E-state index contributed by atoms with van der Waals surface area (Å²) in [6, 6.07) is 14.2. The Hall–Kier alpha value is -0.860. The number of nitrogens with one attached hydrogen (secondary N) is 1. The predicted octanol–water partition coefficient (Wildman–Crippen LogP) is 2.76. The van der Waals surface area contributed by atoms with Crippen LogP contribution in [-0.4, -0.2) is 35.6 Å². The van der Waals surface area contributed by atoms with Gasteiger partial charge in [0.05, 0.1) is 0 Å². The van der Waals surface area contributed by atoms with Crippen LogP contribution in [0.5, 0.6) is 0 Å². The lowest BCUT2D eigenvalue weighted by atomic mass is 10.1. The van der Waals surface area contributed by atoms with E-state index < -0.39 is 0 Å².